The Balaban J connectivity index is 2.17. The first kappa shape index (κ1) is 45.5. The van der Waals surface area contributed by atoms with Crippen molar-refractivity contribution in [3.8, 4) is 0 Å². The molecule has 0 unspecified atom stereocenters. The minimum absolute atomic E-state index is 0.0120. The number of amides is 6. The summed E-state index contributed by atoms with van der Waals surface area (Å²) in [6.07, 6.45) is 7.91. The summed E-state index contributed by atoms with van der Waals surface area (Å²) in [7, 11) is 0. The first-order valence-corrected chi connectivity index (χ1v) is 19.1. The number of nitrogens with two attached hydrogens (primary N) is 1. The van der Waals surface area contributed by atoms with Gasteiger partial charge in [0.25, 0.3) is 0 Å². The SMILES string of the molecule is CSCC[C@H](N)C(=O)N[C@@H](Cc1cnc[nH]1)C(=O)N[C@@H](CC(C)C)C(=O)N[C@@H](CS)C(=O)N[C@@H](CO)C(=O)N[C@@H](Cc1cnc[nH]1)C(=O)N[C@@H](C)C(=O)O. The molecule has 6 amide bonds. The summed E-state index contributed by atoms with van der Waals surface area (Å²) in [6.45, 7) is 3.95. The number of carbonyl (C=O) groups excluding carboxylic acids is 6. The fourth-order valence-corrected chi connectivity index (χ4v) is 5.61. The van der Waals surface area contributed by atoms with Crippen molar-refractivity contribution in [3.63, 3.8) is 0 Å². The quantitative estimate of drug-likeness (QED) is 0.0472. The summed E-state index contributed by atoms with van der Waals surface area (Å²) in [5, 5.41) is 34.1. The molecule has 0 spiro atoms. The number of thiol groups is 1. The van der Waals surface area contributed by atoms with Gasteiger partial charge in [-0.15, -0.1) is 0 Å². The van der Waals surface area contributed by atoms with Gasteiger partial charge in [0.05, 0.1) is 25.3 Å². The second-order valence-electron chi connectivity index (χ2n) is 12.8. The number of nitrogens with one attached hydrogen (secondary N) is 8. The molecule has 54 heavy (non-hydrogen) atoms. The summed E-state index contributed by atoms with van der Waals surface area (Å²) in [5.41, 5.74) is 6.99. The average Bonchev–Trinajstić information content (AvgIpc) is 3.85. The summed E-state index contributed by atoms with van der Waals surface area (Å²) in [6, 6.07) is -8.77. The number of hydrogen-bond acceptors (Lipinski definition) is 13. The van der Waals surface area contributed by atoms with E-state index in [1.54, 1.807) is 0 Å². The molecule has 0 aliphatic rings. The maximum atomic E-state index is 13.6. The molecule has 0 radical (unpaired) electrons. The number of aliphatic carboxylic acids is 1. The minimum Gasteiger partial charge on any atom is -0.480 e. The van der Waals surface area contributed by atoms with E-state index in [1.165, 1.54) is 43.7 Å². The molecule has 20 nitrogen and oxygen atoms in total. The molecule has 0 aliphatic carbocycles. The van der Waals surface area contributed by atoms with Gasteiger partial charge in [-0.3, -0.25) is 33.6 Å². The highest BCUT2D eigenvalue weighted by atomic mass is 32.2. The Morgan fingerprint density at radius 1 is 0.741 bits per heavy atom. The molecular formula is C32H51N11O9S2. The van der Waals surface area contributed by atoms with Crippen LogP contribution in [0.1, 0.15) is 45.0 Å². The number of aliphatic hydroxyl groups is 1. The largest absolute Gasteiger partial charge is 0.480 e. The number of carbonyl (C=O) groups is 7. The zero-order chi connectivity index (χ0) is 40.4. The highest BCUT2D eigenvalue weighted by molar-refractivity contribution is 7.98. The van der Waals surface area contributed by atoms with Crippen LogP contribution < -0.4 is 37.6 Å². The second kappa shape index (κ2) is 23.2. The van der Waals surface area contributed by atoms with Crippen LogP contribution in [0.25, 0.3) is 0 Å². The van der Waals surface area contributed by atoms with Crippen LogP contribution in [0.15, 0.2) is 25.0 Å². The Kier molecular flexibility index (Phi) is 19.5. The van der Waals surface area contributed by atoms with Crippen LogP contribution in [0.3, 0.4) is 0 Å². The molecule has 0 aromatic carbocycles. The number of aromatic nitrogens is 4. The lowest BCUT2D eigenvalue weighted by Crippen LogP contribution is -2.61. The van der Waals surface area contributed by atoms with Crippen LogP contribution in [-0.4, -0.2) is 138 Å². The van der Waals surface area contributed by atoms with Crippen LogP contribution in [-0.2, 0) is 46.4 Å². The van der Waals surface area contributed by atoms with Gasteiger partial charge in [0, 0.05) is 42.4 Å². The lowest BCUT2D eigenvalue weighted by molar-refractivity contribution is -0.141. The van der Waals surface area contributed by atoms with Crippen LogP contribution >= 0.6 is 24.4 Å². The van der Waals surface area contributed by atoms with Crippen molar-refractivity contribution in [1.82, 2.24) is 51.8 Å². The van der Waals surface area contributed by atoms with E-state index in [9.17, 15) is 43.8 Å². The third-order valence-electron chi connectivity index (χ3n) is 7.89. The van der Waals surface area contributed by atoms with E-state index in [2.05, 4.69) is 64.5 Å². The Morgan fingerprint density at radius 2 is 1.19 bits per heavy atom. The van der Waals surface area contributed by atoms with Gasteiger partial charge in [0.2, 0.25) is 35.4 Å². The fourth-order valence-electron chi connectivity index (χ4n) is 4.86. The molecule has 12 N–H and O–H groups in total. The predicted octanol–water partition coefficient (Wildman–Crippen LogP) is -3.02. The number of nitrogens with zero attached hydrogens (tertiary/aromatic N) is 2. The van der Waals surface area contributed by atoms with Crippen LogP contribution in [0.2, 0.25) is 0 Å². The number of H-pyrrole nitrogens is 2. The number of aromatic amines is 2. The lowest BCUT2D eigenvalue weighted by atomic mass is 10.0. The van der Waals surface area contributed by atoms with Crippen molar-refractivity contribution in [2.45, 2.75) is 88.7 Å². The van der Waals surface area contributed by atoms with Gasteiger partial charge in [0.1, 0.15) is 36.3 Å². The zero-order valence-corrected chi connectivity index (χ0v) is 32.2. The van der Waals surface area contributed by atoms with E-state index in [-0.39, 0.29) is 30.9 Å². The third kappa shape index (κ3) is 15.4. The molecule has 2 heterocycles. The standard InChI is InChI=1S/C32H51N11O9S2/c1-16(2)7-21(40-29(48)23(9-19-11-35-15-37-19)39-26(45)20(33)5-6-54-4)28(47)43-25(13-53)31(50)42-24(12-44)30(49)41-22(8-18-10-34-14-36-18)27(46)38-17(3)32(51)52/h10-11,14-17,20-25,44,53H,5-9,12-13,33H2,1-4H3,(H,34,36)(H,35,37)(H,38,46)(H,39,45)(H,40,48)(H,41,49)(H,42,50)(H,43,47)(H,51,52)/t17-,20-,21-,22-,23-,24-,25-/m0/s1. The number of hydrogen-bond donors (Lipinski definition) is 12. The van der Waals surface area contributed by atoms with E-state index in [1.807, 2.05) is 20.1 Å². The summed E-state index contributed by atoms with van der Waals surface area (Å²) < 4.78 is 0. The van der Waals surface area contributed by atoms with Crippen LogP contribution in [0.5, 0.6) is 0 Å². The van der Waals surface area contributed by atoms with Gasteiger partial charge < -0.3 is 57.8 Å². The second-order valence-corrected chi connectivity index (χ2v) is 14.2. The minimum atomic E-state index is -1.61. The number of carboxylic acid groups (broad SMARTS) is 1. The number of thioether (sulfide) groups is 1. The topological polar surface area (TPSA) is 316 Å². The van der Waals surface area contributed by atoms with E-state index in [0.29, 0.717) is 23.6 Å². The molecule has 2 rings (SSSR count). The summed E-state index contributed by atoms with van der Waals surface area (Å²) in [4.78, 5) is 104. The van der Waals surface area contributed by atoms with E-state index in [0.717, 1.165) is 0 Å². The molecule has 0 saturated heterocycles. The summed E-state index contributed by atoms with van der Waals surface area (Å²) in [5.74, 6) is -5.81. The Morgan fingerprint density at radius 3 is 1.65 bits per heavy atom. The fraction of sp³-hybridized carbons (Fsp3) is 0.594. The van der Waals surface area contributed by atoms with Crippen LogP contribution in [0.4, 0.5) is 0 Å². The molecule has 22 heteroatoms. The highest BCUT2D eigenvalue weighted by Crippen LogP contribution is 2.09. The van der Waals surface area contributed by atoms with E-state index >= 15 is 0 Å². The average molecular weight is 798 g/mol. The molecule has 0 fully saturated rings. The molecule has 7 atom stereocenters. The maximum absolute atomic E-state index is 13.6. The molecular weight excluding hydrogens is 747 g/mol. The van der Waals surface area contributed by atoms with Crippen molar-refractivity contribution in [3.05, 3.63) is 36.4 Å². The Labute approximate surface area is 321 Å². The number of imidazole rings is 2. The summed E-state index contributed by atoms with van der Waals surface area (Å²) >= 11 is 5.69. The van der Waals surface area contributed by atoms with Gasteiger partial charge in [-0.25, -0.2) is 9.97 Å². The van der Waals surface area contributed by atoms with Crippen LogP contribution in [0, 0.1) is 5.92 Å². The van der Waals surface area contributed by atoms with Gasteiger partial charge in [-0.2, -0.15) is 24.4 Å². The Hall–Kier alpha value is -4.67. The third-order valence-corrected chi connectivity index (χ3v) is 8.90. The molecule has 2 aromatic heterocycles. The molecule has 0 aliphatic heterocycles. The van der Waals surface area contributed by atoms with Gasteiger partial charge in [0.15, 0.2) is 0 Å². The van der Waals surface area contributed by atoms with Crippen molar-refractivity contribution in [2.24, 2.45) is 11.7 Å². The number of rotatable bonds is 24. The monoisotopic (exact) mass is 797 g/mol. The molecule has 0 bridgehead atoms. The predicted molar refractivity (Wildman–Crippen MR) is 201 cm³/mol. The van der Waals surface area contributed by atoms with Gasteiger partial charge in [-0.05, 0) is 37.7 Å². The van der Waals surface area contributed by atoms with Gasteiger partial charge >= 0.3 is 5.97 Å². The first-order valence-electron chi connectivity index (χ1n) is 17.1. The van der Waals surface area contributed by atoms with Crippen molar-refractivity contribution in [2.75, 3.05) is 24.4 Å². The number of aliphatic hydroxyl groups excluding tert-OH is 1. The van der Waals surface area contributed by atoms with Crippen molar-refractivity contribution < 1.29 is 43.8 Å². The highest BCUT2D eigenvalue weighted by Gasteiger charge is 2.33. The zero-order valence-electron chi connectivity index (χ0n) is 30.5. The van der Waals surface area contributed by atoms with E-state index in [4.69, 9.17) is 5.73 Å². The van der Waals surface area contributed by atoms with Gasteiger partial charge in [-0.1, -0.05) is 13.8 Å². The van der Waals surface area contributed by atoms with Crippen molar-refractivity contribution in [1.29, 1.82) is 0 Å². The smallest absolute Gasteiger partial charge is 0.325 e. The van der Waals surface area contributed by atoms with Crippen molar-refractivity contribution >= 4 is 65.8 Å². The normalized spacial score (nSPS) is 15.0. The maximum Gasteiger partial charge on any atom is 0.325 e. The lowest BCUT2D eigenvalue weighted by Gasteiger charge is -2.27. The molecule has 300 valence electrons. The van der Waals surface area contributed by atoms with E-state index < -0.39 is 90.3 Å². The molecule has 2 aromatic rings. The Bertz CT molecular complexity index is 1530. The number of carboxylic acids is 1. The first-order chi connectivity index (χ1) is 25.6. The molecule has 0 saturated carbocycles.